The van der Waals surface area contributed by atoms with Crippen molar-refractivity contribution in [3.8, 4) is 0 Å². The van der Waals surface area contributed by atoms with Crippen molar-refractivity contribution in [2.45, 2.75) is 86.0 Å². The van der Waals surface area contributed by atoms with Gasteiger partial charge in [-0.3, -0.25) is 19.1 Å². The molecule has 0 aliphatic carbocycles. The Kier molecular flexibility index (Phi) is 9.80. The molecule has 1 aliphatic heterocycles. The zero-order chi connectivity index (χ0) is 30.6. The first-order chi connectivity index (χ1) is 19.9. The Bertz CT molecular complexity index is 1430. The normalized spacial score (nSPS) is 19.0. The van der Waals surface area contributed by atoms with Gasteiger partial charge in [-0.2, -0.15) is 10.2 Å². The Morgan fingerprint density at radius 1 is 1.07 bits per heavy atom. The SMILES string of the molecule is Cc1cc(C)n(Cc2cccc(C(=O)N3CCCC(=O)N(C)[C@@H](C)C(=O)N[C@H](CC(C)C)c4nc(C)nn4CC3)c2)n1. The smallest absolute Gasteiger partial charge is 0.253 e. The van der Waals surface area contributed by atoms with Crippen LogP contribution in [0.5, 0.6) is 0 Å². The van der Waals surface area contributed by atoms with Crippen molar-refractivity contribution >= 4 is 17.7 Å². The van der Waals surface area contributed by atoms with E-state index in [1.54, 1.807) is 18.9 Å². The second-order valence-corrected chi connectivity index (χ2v) is 11.8. The van der Waals surface area contributed by atoms with Crippen LogP contribution in [0.1, 0.15) is 85.0 Å². The third-order valence-corrected chi connectivity index (χ3v) is 7.79. The van der Waals surface area contributed by atoms with Crippen molar-refractivity contribution in [2.75, 3.05) is 20.1 Å². The number of nitrogens with one attached hydrogen (secondary N) is 1. The Hall–Kier alpha value is -4.02. The van der Waals surface area contributed by atoms with Gasteiger partial charge in [0.2, 0.25) is 11.8 Å². The van der Waals surface area contributed by atoms with Gasteiger partial charge in [-0.1, -0.05) is 26.0 Å². The number of likely N-dealkylation sites (N-methyl/N-ethyl adjacent to an activating group) is 1. The molecule has 4 rings (SSSR count). The van der Waals surface area contributed by atoms with Crippen molar-refractivity contribution in [2.24, 2.45) is 5.92 Å². The summed E-state index contributed by atoms with van der Waals surface area (Å²) in [6, 6.07) is 8.67. The number of fused-ring (bicyclic) bond motifs is 1. The largest absolute Gasteiger partial charge is 0.344 e. The lowest BCUT2D eigenvalue weighted by molar-refractivity contribution is -0.138. The first-order valence-electron chi connectivity index (χ1n) is 14.8. The van der Waals surface area contributed by atoms with E-state index in [0.29, 0.717) is 56.2 Å². The fourth-order valence-corrected chi connectivity index (χ4v) is 5.40. The molecule has 11 heteroatoms. The number of hydrogen-bond donors (Lipinski definition) is 1. The molecule has 3 aromatic rings. The molecule has 11 nitrogen and oxygen atoms in total. The van der Waals surface area contributed by atoms with Crippen LogP contribution in [0, 0.1) is 26.7 Å². The highest BCUT2D eigenvalue weighted by Crippen LogP contribution is 2.22. The number of hydrogen-bond acceptors (Lipinski definition) is 6. The number of carbonyl (C=O) groups excluding carboxylic acids is 3. The van der Waals surface area contributed by atoms with Gasteiger partial charge in [0.1, 0.15) is 17.7 Å². The second kappa shape index (κ2) is 13.3. The highest BCUT2D eigenvalue weighted by molar-refractivity contribution is 5.94. The van der Waals surface area contributed by atoms with Gasteiger partial charge in [0.15, 0.2) is 0 Å². The number of carbonyl (C=O) groups is 3. The molecule has 2 atom stereocenters. The van der Waals surface area contributed by atoms with E-state index in [1.807, 2.05) is 60.5 Å². The van der Waals surface area contributed by atoms with Gasteiger partial charge in [0.25, 0.3) is 5.91 Å². The molecule has 0 spiro atoms. The lowest BCUT2D eigenvalue weighted by Crippen LogP contribution is -2.47. The van der Waals surface area contributed by atoms with Gasteiger partial charge in [-0.15, -0.1) is 0 Å². The fourth-order valence-electron chi connectivity index (χ4n) is 5.40. The van der Waals surface area contributed by atoms with Gasteiger partial charge in [0, 0.05) is 37.8 Å². The number of rotatable bonds is 5. The predicted octanol–water partition coefficient (Wildman–Crippen LogP) is 3.43. The van der Waals surface area contributed by atoms with Gasteiger partial charge in [-0.25, -0.2) is 9.67 Å². The molecule has 3 heterocycles. The number of aryl methyl sites for hydroxylation is 3. The van der Waals surface area contributed by atoms with Crippen LogP contribution in [-0.4, -0.2) is 78.2 Å². The van der Waals surface area contributed by atoms with Crippen molar-refractivity contribution in [3.63, 3.8) is 0 Å². The zero-order valence-corrected chi connectivity index (χ0v) is 25.9. The van der Waals surface area contributed by atoms with Gasteiger partial charge in [-0.05, 0) is 70.2 Å². The molecule has 1 N–H and O–H groups in total. The first-order valence-corrected chi connectivity index (χ1v) is 14.8. The van der Waals surface area contributed by atoms with Crippen LogP contribution in [0.2, 0.25) is 0 Å². The van der Waals surface area contributed by atoms with E-state index in [4.69, 9.17) is 0 Å². The topological polar surface area (TPSA) is 118 Å². The second-order valence-electron chi connectivity index (χ2n) is 11.8. The molecule has 2 aromatic heterocycles. The standard InChI is InChI=1S/C31H44N8O3/c1-20(2)16-27-29-32-24(6)35-38(29)15-14-37(13-9-12-28(40)36(7)23(5)30(41)33-27)31(42)26-11-8-10-25(18-26)19-39-22(4)17-21(3)34-39/h8,10-11,17-18,20,23,27H,9,12-16,19H2,1-7H3,(H,33,41)/t23-,27+/m0/s1. The van der Waals surface area contributed by atoms with E-state index < -0.39 is 6.04 Å². The molecule has 0 fully saturated rings. The Balaban J connectivity index is 1.63. The summed E-state index contributed by atoms with van der Waals surface area (Å²) in [5, 5.41) is 12.3. The number of aromatic nitrogens is 5. The van der Waals surface area contributed by atoms with Crippen molar-refractivity contribution in [1.29, 1.82) is 0 Å². The monoisotopic (exact) mass is 576 g/mol. The van der Waals surface area contributed by atoms with Crippen LogP contribution < -0.4 is 5.32 Å². The van der Waals surface area contributed by atoms with Crippen LogP contribution in [0.15, 0.2) is 30.3 Å². The summed E-state index contributed by atoms with van der Waals surface area (Å²) in [4.78, 5) is 48.0. The van der Waals surface area contributed by atoms with Crippen molar-refractivity contribution < 1.29 is 14.4 Å². The van der Waals surface area contributed by atoms with Crippen LogP contribution in [0.3, 0.4) is 0 Å². The molecule has 0 saturated carbocycles. The van der Waals surface area contributed by atoms with Crippen molar-refractivity contribution in [3.05, 3.63) is 64.5 Å². The minimum Gasteiger partial charge on any atom is -0.344 e. The number of benzene rings is 1. The molecule has 226 valence electrons. The molecular weight excluding hydrogens is 532 g/mol. The van der Waals surface area contributed by atoms with Gasteiger partial charge in [0.05, 0.1) is 24.8 Å². The highest BCUT2D eigenvalue weighted by atomic mass is 16.2. The van der Waals surface area contributed by atoms with E-state index in [2.05, 4.69) is 34.3 Å². The van der Waals surface area contributed by atoms with Gasteiger partial charge >= 0.3 is 0 Å². The van der Waals surface area contributed by atoms with E-state index in [9.17, 15) is 14.4 Å². The fraction of sp³-hybridized carbons (Fsp3) is 0.548. The number of nitrogens with zero attached hydrogens (tertiary/aromatic N) is 7. The molecule has 0 bridgehead atoms. The maximum absolute atomic E-state index is 13.9. The summed E-state index contributed by atoms with van der Waals surface area (Å²) < 4.78 is 3.75. The van der Waals surface area contributed by atoms with E-state index in [0.717, 1.165) is 17.0 Å². The molecule has 3 amide bonds. The van der Waals surface area contributed by atoms with Crippen molar-refractivity contribution in [1.82, 2.24) is 39.7 Å². The third kappa shape index (κ3) is 7.43. The van der Waals surface area contributed by atoms with Gasteiger partial charge < -0.3 is 15.1 Å². The summed E-state index contributed by atoms with van der Waals surface area (Å²) in [5.41, 5.74) is 3.60. The third-order valence-electron chi connectivity index (χ3n) is 7.79. The Morgan fingerprint density at radius 3 is 2.52 bits per heavy atom. The molecular formula is C31H44N8O3. The average molecular weight is 577 g/mol. The minimum atomic E-state index is -0.643. The molecule has 1 aliphatic rings. The van der Waals surface area contributed by atoms with Crippen LogP contribution in [0.25, 0.3) is 0 Å². The van der Waals surface area contributed by atoms with E-state index >= 15 is 0 Å². The Labute approximate surface area is 248 Å². The summed E-state index contributed by atoms with van der Waals surface area (Å²) in [6.45, 7) is 13.5. The molecule has 0 radical (unpaired) electrons. The first kappa shape index (κ1) is 30.9. The number of amides is 3. The lowest BCUT2D eigenvalue weighted by Gasteiger charge is -2.29. The summed E-state index contributed by atoms with van der Waals surface area (Å²) in [6.07, 6.45) is 1.38. The highest BCUT2D eigenvalue weighted by Gasteiger charge is 2.29. The summed E-state index contributed by atoms with van der Waals surface area (Å²) in [5.74, 6) is 1.09. The summed E-state index contributed by atoms with van der Waals surface area (Å²) >= 11 is 0. The Morgan fingerprint density at radius 2 is 1.83 bits per heavy atom. The predicted molar refractivity (Wildman–Crippen MR) is 160 cm³/mol. The molecule has 0 unspecified atom stereocenters. The van der Waals surface area contributed by atoms with E-state index in [1.165, 1.54) is 4.90 Å². The minimum absolute atomic E-state index is 0.100. The maximum atomic E-state index is 13.9. The molecule has 42 heavy (non-hydrogen) atoms. The zero-order valence-electron chi connectivity index (χ0n) is 25.9. The average Bonchev–Trinajstić information content (AvgIpc) is 3.47. The molecule has 0 saturated heterocycles. The van der Waals surface area contributed by atoms with Crippen LogP contribution >= 0.6 is 0 Å². The quantitative estimate of drug-likeness (QED) is 0.497. The summed E-state index contributed by atoms with van der Waals surface area (Å²) in [7, 11) is 1.65. The van der Waals surface area contributed by atoms with E-state index in [-0.39, 0.29) is 36.1 Å². The van der Waals surface area contributed by atoms with Crippen LogP contribution in [0.4, 0.5) is 0 Å². The molecule has 1 aromatic carbocycles. The van der Waals surface area contributed by atoms with Crippen LogP contribution in [-0.2, 0) is 22.7 Å². The maximum Gasteiger partial charge on any atom is 0.253 e. The lowest BCUT2D eigenvalue weighted by atomic mass is 10.0.